The van der Waals surface area contributed by atoms with E-state index in [4.69, 9.17) is 28.4 Å². The fourth-order valence-corrected chi connectivity index (χ4v) is 9.48. The van der Waals surface area contributed by atoms with E-state index in [1.165, 1.54) is 39.8 Å². The van der Waals surface area contributed by atoms with Crippen LogP contribution < -0.4 is 5.32 Å². The van der Waals surface area contributed by atoms with Gasteiger partial charge in [0.25, 0.3) is 0 Å². The minimum atomic E-state index is -2.13. The van der Waals surface area contributed by atoms with Crippen molar-refractivity contribution >= 4 is 29.8 Å². The summed E-state index contributed by atoms with van der Waals surface area (Å²) in [6.45, 7) is 12.5. The summed E-state index contributed by atoms with van der Waals surface area (Å²) >= 11 is 0. The number of ether oxygens (including phenoxy) is 6. The van der Waals surface area contributed by atoms with E-state index in [0.717, 1.165) is 0 Å². The maximum atomic E-state index is 15.1. The Balaban J connectivity index is 1.47. The molecule has 2 aliphatic heterocycles. The van der Waals surface area contributed by atoms with Crippen LogP contribution in [-0.2, 0) is 42.8 Å². The number of carbonyl (C=O) groups excluding carboxylic acids is 5. The maximum Gasteiger partial charge on any atom is 0.408 e. The fraction of sp³-hybridized carbons (Fsp3) is 0.596. The molecule has 1 unspecified atom stereocenters. The molecule has 17 nitrogen and oxygen atoms in total. The molecule has 2 saturated heterocycles. The van der Waals surface area contributed by atoms with E-state index in [2.05, 4.69) is 5.32 Å². The van der Waals surface area contributed by atoms with Crippen molar-refractivity contribution in [2.24, 2.45) is 11.3 Å². The molecule has 5 N–H and O–H groups in total. The third-order valence-electron chi connectivity index (χ3n) is 12.7. The predicted molar refractivity (Wildman–Crippen MR) is 227 cm³/mol. The second-order valence-corrected chi connectivity index (χ2v) is 18.8. The highest BCUT2D eigenvalue weighted by molar-refractivity contribution is 5.93. The van der Waals surface area contributed by atoms with Crippen LogP contribution in [0.1, 0.15) is 89.7 Å². The van der Waals surface area contributed by atoms with Gasteiger partial charge in [-0.15, -0.1) is 0 Å². The predicted octanol–water partition coefficient (Wildman–Crippen LogP) is 2.96. The average molecular weight is 895 g/mol. The first-order chi connectivity index (χ1) is 30.0. The molecule has 0 radical (unpaired) electrons. The Hall–Kier alpha value is -4.75. The van der Waals surface area contributed by atoms with Gasteiger partial charge in [-0.05, 0) is 77.3 Å². The minimum absolute atomic E-state index is 0.0265. The number of hydrogen-bond acceptors (Lipinski definition) is 16. The fourth-order valence-electron chi connectivity index (χ4n) is 9.48. The molecule has 2 aromatic rings. The lowest BCUT2D eigenvalue weighted by atomic mass is 9.52. The molecule has 0 aromatic heterocycles. The number of esters is 3. The topological polar surface area (TPSA) is 237 Å². The van der Waals surface area contributed by atoms with Crippen LogP contribution in [0.2, 0.25) is 0 Å². The normalized spacial score (nSPS) is 31.0. The molecule has 6 rings (SSSR count). The summed E-state index contributed by atoms with van der Waals surface area (Å²) in [5.74, 6) is -5.32. The number of aliphatic hydroxyl groups excluding tert-OH is 2. The van der Waals surface area contributed by atoms with Gasteiger partial charge in [-0.1, -0.05) is 48.5 Å². The van der Waals surface area contributed by atoms with Gasteiger partial charge < -0.3 is 54.2 Å². The number of carbonyl (C=O) groups is 5. The van der Waals surface area contributed by atoms with Gasteiger partial charge in [0, 0.05) is 38.4 Å². The van der Waals surface area contributed by atoms with Crippen molar-refractivity contribution in [2.75, 3.05) is 39.5 Å². The summed E-state index contributed by atoms with van der Waals surface area (Å²) in [7, 11) is 0. The summed E-state index contributed by atoms with van der Waals surface area (Å²) in [5, 5.41) is 50.6. The second-order valence-electron chi connectivity index (χ2n) is 18.8. The average Bonchev–Trinajstić information content (AvgIpc) is 3.26. The molecule has 0 bridgehead atoms. The molecule has 17 heteroatoms. The number of benzene rings is 2. The standard InChI is InChI=1S/C47H62N2O15/c1-27-30(61-42(55)38(63-34(51)18-19-49-20-22-59-23-21-49)36(28-14-10-8-11-15-28)48-43(56)64-44(2,3)4)24-31(62-41(54)29-16-12-9-13-17-29)39-46(7,32(50)25-33-47(39,58)26-60-33)40(53)37(52)35(27)45(5,6)57/h8-17,30-33,36-39,50,52,57-58H,18-26H2,1-7H3,(H,48,56)/b35-27-/t30-,31+,32-,33+,36-,37+,38+,39?,46+,47-/m0/s1. The molecule has 64 heavy (non-hydrogen) atoms. The number of nitrogens with zero attached hydrogens (tertiary/aromatic N) is 1. The lowest BCUT2D eigenvalue weighted by Crippen LogP contribution is -2.76. The molecule has 2 aliphatic carbocycles. The van der Waals surface area contributed by atoms with Gasteiger partial charge in [0.2, 0.25) is 6.10 Å². The lowest BCUT2D eigenvalue weighted by Gasteiger charge is -2.62. The van der Waals surface area contributed by atoms with E-state index in [0.29, 0.717) is 31.9 Å². The van der Waals surface area contributed by atoms with Crippen LogP contribution in [0.15, 0.2) is 71.8 Å². The number of fused-ring (bicyclic) bond motifs is 3. The van der Waals surface area contributed by atoms with Gasteiger partial charge in [0.05, 0.1) is 55.0 Å². The van der Waals surface area contributed by atoms with Crippen LogP contribution in [0.4, 0.5) is 4.79 Å². The zero-order chi connectivity index (χ0) is 46.8. The van der Waals surface area contributed by atoms with E-state index < -0.39 is 107 Å². The largest absolute Gasteiger partial charge is 0.458 e. The molecule has 4 aliphatic rings. The molecular weight excluding hydrogens is 833 g/mol. The van der Waals surface area contributed by atoms with Crippen LogP contribution in [0.25, 0.3) is 0 Å². The number of aliphatic hydroxyl groups is 4. The summed E-state index contributed by atoms with van der Waals surface area (Å²) < 4.78 is 35.2. The highest BCUT2D eigenvalue weighted by atomic mass is 16.6. The number of Topliss-reactive ketones (excluding diaryl/α,β-unsaturated/α-hetero) is 1. The van der Waals surface area contributed by atoms with Crippen LogP contribution in [0.3, 0.4) is 0 Å². The van der Waals surface area contributed by atoms with Gasteiger partial charge in [-0.2, -0.15) is 0 Å². The highest BCUT2D eigenvalue weighted by Crippen LogP contribution is 2.56. The number of hydrogen-bond donors (Lipinski definition) is 5. The van der Waals surface area contributed by atoms with Crippen molar-refractivity contribution in [3.63, 3.8) is 0 Å². The SMILES string of the molecule is C/C1=C(/C(C)(C)O)[C@@H](O)C(=O)[C@@]2(C)C([C@H](OC(=O)c3ccccc3)C[C@@H]1OC(=O)[C@H](OC(=O)CCN1CCOCC1)[C@@H](NC(=O)OC(C)(C)C)c1ccccc1)[C@]1(O)CO[C@@H]1C[C@@H]2O. The molecule has 1 saturated carbocycles. The van der Waals surface area contributed by atoms with Crippen molar-refractivity contribution < 1.29 is 72.8 Å². The molecular formula is C47H62N2O15. The second kappa shape index (κ2) is 19.4. The van der Waals surface area contributed by atoms with Gasteiger partial charge >= 0.3 is 24.0 Å². The van der Waals surface area contributed by atoms with Crippen molar-refractivity contribution in [1.82, 2.24) is 10.2 Å². The summed E-state index contributed by atoms with van der Waals surface area (Å²) in [6.07, 6.45) is -11.5. The quantitative estimate of drug-likeness (QED) is 0.117. The summed E-state index contributed by atoms with van der Waals surface area (Å²) in [5.41, 5.74) is -6.71. The van der Waals surface area contributed by atoms with Gasteiger partial charge in [0.15, 0.2) is 5.78 Å². The van der Waals surface area contributed by atoms with Gasteiger partial charge in [-0.3, -0.25) is 14.5 Å². The summed E-state index contributed by atoms with van der Waals surface area (Å²) in [4.78, 5) is 73.2. The Morgan fingerprint density at radius 3 is 2.14 bits per heavy atom. The van der Waals surface area contributed by atoms with Gasteiger partial charge in [-0.25, -0.2) is 14.4 Å². The molecule has 3 fully saturated rings. The van der Waals surface area contributed by atoms with E-state index in [9.17, 15) is 39.6 Å². The Bertz CT molecular complexity index is 2040. The minimum Gasteiger partial charge on any atom is -0.458 e. The number of amides is 1. The highest BCUT2D eigenvalue weighted by Gasteiger charge is 2.71. The molecule has 1 amide bonds. The van der Waals surface area contributed by atoms with Gasteiger partial charge in [0.1, 0.15) is 35.6 Å². The molecule has 10 atom stereocenters. The number of rotatable bonds is 12. The van der Waals surface area contributed by atoms with Crippen molar-refractivity contribution in [3.05, 3.63) is 82.9 Å². The van der Waals surface area contributed by atoms with Crippen LogP contribution in [0, 0.1) is 11.3 Å². The van der Waals surface area contributed by atoms with Crippen molar-refractivity contribution in [1.29, 1.82) is 0 Å². The third-order valence-corrected chi connectivity index (χ3v) is 12.7. The number of nitrogens with one attached hydrogen (secondary N) is 1. The number of morpholine rings is 1. The Kier molecular flexibility index (Phi) is 14.7. The first kappa shape index (κ1) is 48.7. The molecule has 2 aromatic carbocycles. The van der Waals surface area contributed by atoms with Crippen LogP contribution in [-0.4, -0.2) is 148 Å². The van der Waals surface area contributed by atoms with E-state index in [-0.39, 0.29) is 42.7 Å². The molecule has 2 heterocycles. The summed E-state index contributed by atoms with van der Waals surface area (Å²) in [6, 6.07) is 14.7. The van der Waals surface area contributed by atoms with Crippen molar-refractivity contribution in [2.45, 2.75) is 127 Å². The Morgan fingerprint density at radius 1 is 0.938 bits per heavy atom. The first-order valence-electron chi connectivity index (χ1n) is 21.7. The van der Waals surface area contributed by atoms with Crippen LogP contribution >= 0.6 is 0 Å². The maximum absolute atomic E-state index is 15.1. The smallest absolute Gasteiger partial charge is 0.408 e. The Morgan fingerprint density at radius 2 is 1.56 bits per heavy atom. The zero-order valence-electron chi connectivity index (χ0n) is 37.5. The van der Waals surface area contributed by atoms with Crippen LogP contribution in [0.5, 0.6) is 0 Å². The van der Waals surface area contributed by atoms with Crippen molar-refractivity contribution in [3.8, 4) is 0 Å². The lowest BCUT2D eigenvalue weighted by molar-refractivity contribution is -0.326. The molecule has 0 spiro atoms. The number of ketones is 1. The van der Waals surface area contributed by atoms with E-state index in [1.807, 2.05) is 4.90 Å². The molecule has 350 valence electrons. The van der Waals surface area contributed by atoms with E-state index in [1.54, 1.807) is 69.3 Å². The van der Waals surface area contributed by atoms with E-state index >= 15 is 4.79 Å². The third kappa shape index (κ3) is 10.5. The number of alkyl carbamates (subject to hydrolysis) is 1. The Labute approximate surface area is 373 Å². The first-order valence-corrected chi connectivity index (χ1v) is 21.7. The zero-order valence-corrected chi connectivity index (χ0v) is 37.5. The monoisotopic (exact) mass is 894 g/mol.